The van der Waals surface area contributed by atoms with E-state index in [-0.39, 0.29) is 34.7 Å². The van der Waals surface area contributed by atoms with Gasteiger partial charge >= 0.3 is 0 Å². The Morgan fingerprint density at radius 2 is 1.86 bits per heavy atom. The molecular formula is C18H26ClIN4O3S2. The summed E-state index contributed by atoms with van der Waals surface area (Å²) in [5.74, 6) is 1.48. The first-order chi connectivity index (χ1) is 13.4. The lowest BCUT2D eigenvalue weighted by atomic mass is 10.1. The quantitative estimate of drug-likeness (QED) is 0.176. The predicted molar refractivity (Wildman–Crippen MR) is 131 cm³/mol. The van der Waals surface area contributed by atoms with Crippen LogP contribution in [0.2, 0.25) is 4.34 Å². The number of rotatable bonds is 10. The molecule has 0 saturated heterocycles. The lowest BCUT2D eigenvalue weighted by molar-refractivity contribution is 0.414. The molecule has 1 heterocycles. The van der Waals surface area contributed by atoms with E-state index in [1.807, 2.05) is 31.2 Å². The summed E-state index contributed by atoms with van der Waals surface area (Å²) < 4.78 is 32.6. The SMILES string of the molecule is CCNC(=NCCNS(=O)(=O)c1ccc(Cl)s1)NCCc1ccc(OC)cc1.I. The van der Waals surface area contributed by atoms with Crippen molar-refractivity contribution >= 4 is 62.9 Å². The van der Waals surface area contributed by atoms with E-state index >= 15 is 0 Å². The monoisotopic (exact) mass is 572 g/mol. The molecule has 0 aliphatic rings. The van der Waals surface area contributed by atoms with Crippen LogP contribution in [-0.2, 0) is 16.4 Å². The van der Waals surface area contributed by atoms with Gasteiger partial charge in [-0.3, -0.25) is 4.99 Å². The molecule has 11 heteroatoms. The highest BCUT2D eigenvalue weighted by Crippen LogP contribution is 2.25. The van der Waals surface area contributed by atoms with Crippen molar-refractivity contribution in [2.75, 3.05) is 33.3 Å². The van der Waals surface area contributed by atoms with E-state index in [1.54, 1.807) is 13.2 Å². The van der Waals surface area contributed by atoms with Gasteiger partial charge < -0.3 is 15.4 Å². The number of sulfonamides is 1. The van der Waals surface area contributed by atoms with Crippen molar-refractivity contribution in [1.29, 1.82) is 0 Å². The molecule has 0 fully saturated rings. The zero-order valence-electron chi connectivity index (χ0n) is 16.3. The van der Waals surface area contributed by atoms with Gasteiger partial charge in [0.2, 0.25) is 10.0 Å². The summed E-state index contributed by atoms with van der Waals surface area (Å²) in [6.07, 6.45) is 0.834. The van der Waals surface area contributed by atoms with Gasteiger partial charge in [-0.2, -0.15) is 0 Å². The van der Waals surface area contributed by atoms with Crippen LogP contribution in [0.15, 0.2) is 45.6 Å². The van der Waals surface area contributed by atoms with Crippen LogP contribution in [0.5, 0.6) is 5.75 Å². The minimum atomic E-state index is -3.54. The number of thiophene rings is 1. The maximum Gasteiger partial charge on any atom is 0.250 e. The Morgan fingerprint density at radius 3 is 2.45 bits per heavy atom. The fourth-order valence-corrected chi connectivity index (χ4v) is 4.87. The zero-order valence-corrected chi connectivity index (χ0v) is 21.0. The van der Waals surface area contributed by atoms with Crippen LogP contribution in [0.3, 0.4) is 0 Å². The van der Waals surface area contributed by atoms with E-state index in [2.05, 4.69) is 20.3 Å². The maximum atomic E-state index is 12.1. The molecule has 0 atom stereocenters. The van der Waals surface area contributed by atoms with Gasteiger partial charge in [-0.15, -0.1) is 35.3 Å². The second-order valence-corrected chi connectivity index (χ2v) is 9.45. The van der Waals surface area contributed by atoms with E-state index < -0.39 is 10.0 Å². The number of nitrogens with one attached hydrogen (secondary N) is 3. The van der Waals surface area contributed by atoms with Gasteiger partial charge in [-0.1, -0.05) is 23.7 Å². The Bertz CT molecular complexity index is 873. The highest BCUT2D eigenvalue weighted by atomic mass is 127. The third-order valence-electron chi connectivity index (χ3n) is 3.70. The van der Waals surface area contributed by atoms with Gasteiger partial charge in [-0.05, 0) is 43.2 Å². The molecule has 162 valence electrons. The van der Waals surface area contributed by atoms with Crippen LogP contribution in [-0.4, -0.2) is 47.7 Å². The zero-order chi connectivity index (χ0) is 20.4. The third-order valence-corrected chi connectivity index (χ3v) is 6.88. The Hall–Kier alpha value is -1.08. The molecule has 0 spiro atoms. The fourth-order valence-electron chi connectivity index (χ4n) is 2.32. The van der Waals surface area contributed by atoms with Gasteiger partial charge in [0.25, 0.3) is 0 Å². The van der Waals surface area contributed by atoms with E-state index in [9.17, 15) is 8.42 Å². The number of methoxy groups -OCH3 is 1. The van der Waals surface area contributed by atoms with Crippen LogP contribution in [0, 0.1) is 0 Å². The van der Waals surface area contributed by atoms with Crippen LogP contribution in [0.4, 0.5) is 0 Å². The molecule has 0 radical (unpaired) electrons. The molecule has 0 amide bonds. The molecule has 2 rings (SSSR count). The lowest BCUT2D eigenvalue weighted by Crippen LogP contribution is -2.39. The average Bonchev–Trinajstić information content (AvgIpc) is 3.13. The van der Waals surface area contributed by atoms with Crippen molar-refractivity contribution in [2.45, 2.75) is 17.6 Å². The number of aliphatic imine (C=N–C) groups is 1. The second kappa shape index (κ2) is 13.3. The maximum absolute atomic E-state index is 12.1. The van der Waals surface area contributed by atoms with Crippen molar-refractivity contribution < 1.29 is 13.2 Å². The van der Waals surface area contributed by atoms with E-state index in [0.717, 1.165) is 23.5 Å². The summed E-state index contributed by atoms with van der Waals surface area (Å²) in [7, 11) is -1.90. The smallest absolute Gasteiger partial charge is 0.250 e. The molecule has 7 nitrogen and oxygen atoms in total. The molecular weight excluding hydrogens is 547 g/mol. The van der Waals surface area contributed by atoms with Gasteiger partial charge in [0, 0.05) is 19.6 Å². The van der Waals surface area contributed by atoms with Gasteiger partial charge in [0.1, 0.15) is 9.96 Å². The Morgan fingerprint density at radius 1 is 1.14 bits per heavy atom. The first kappa shape index (κ1) is 26.0. The molecule has 3 N–H and O–H groups in total. The van der Waals surface area contributed by atoms with Crippen molar-refractivity contribution in [1.82, 2.24) is 15.4 Å². The van der Waals surface area contributed by atoms with Gasteiger partial charge in [-0.25, -0.2) is 13.1 Å². The molecule has 0 aliphatic carbocycles. The fraction of sp³-hybridized carbons (Fsp3) is 0.389. The minimum Gasteiger partial charge on any atom is -0.497 e. The first-order valence-corrected chi connectivity index (χ1v) is 11.5. The summed E-state index contributed by atoms with van der Waals surface area (Å²) in [5, 5.41) is 6.39. The Kier molecular flexibility index (Phi) is 11.9. The highest BCUT2D eigenvalue weighted by Gasteiger charge is 2.15. The van der Waals surface area contributed by atoms with Crippen LogP contribution in [0.1, 0.15) is 12.5 Å². The number of hydrogen-bond acceptors (Lipinski definition) is 5. The summed E-state index contributed by atoms with van der Waals surface area (Å²) in [4.78, 5) is 4.40. The predicted octanol–water partition coefficient (Wildman–Crippen LogP) is 3.10. The number of halogens is 2. The largest absolute Gasteiger partial charge is 0.497 e. The minimum absolute atomic E-state index is 0. The van der Waals surface area contributed by atoms with E-state index in [0.29, 0.717) is 29.9 Å². The molecule has 1 aromatic heterocycles. The first-order valence-electron chi connectivity index (χ1n) is 8.84. The van der Waals surface area contributed by atoms with Gasteiger partial charge in [0.05, 0.1) is 18.0 Å². The Labute approximate surface area is 198 Å². The van der Waals surface area contributed by atoms with Crippen LogP contribution in [0.25, 0.3) is 0 Å². The summed E-state index contributed by atoms with van der Waals surface area (Å²) >= 11 is 6.82. The van der Waals surface area contributed by atoms with Crippen LogP contribution < -0.4 is 20.1 Å². The molecule has 0 aliphatic heterocycles. The summed E-state index contributed by atoms with van der Waals surface area (Å²) in [5.41, 5.74) is 1.19. The lowest BCUT2D eigenvalue weighted by Gasteiger charge is -2.11. The number of hydrogen-bond donors (Lipinski definition) is 3. The van der Waals surface area contributed by atoms with Crippen LogP contribution >= 0.6 is 46.9 Å². The highest BCUT2D eigenvalue weighted by molar-refractivity contribution is 14.0. The number of benzene rings is 1. The van der Waals surface area contributed by atoms with E-state index in [1.165, 1.54) is 11.6 Å². The molecule has 0 saturated carbocycles. The van der Waals surface area contributed by atoms with E-state index in [4.69, 9.17) is 16.3 Å². The molecule has 0 unspecified atom stereocenters. The molecule has 0 bridgehead atoms. The second-order valence-electron chi connectivity index (χ2n) is 5.74. The van der Waals surface area contributed by atoms with Crippen molar-refractivity contribution in [3.63, 3.8) is 0 Å². The average molecular weight is 573 g/mol. The molecule has 2 aromatic rings. The number of nitrogens with zero attached hydrogens (tertiary/aromatic N) is 1. The number of ether oxygens (including phenoxy) is 1. The summed E-state index contributed by atoms with van der Waals surface area (Å²) in [6.45, 7) is 3.92. The molecule has 29 heavy (non-hydrogen) atoms. The van der Waals surface area contributed by atoms with Gasteiger partial charge in [0.15, 0.2) is 5.96 Å². The topological polar surface area (TPSA) is 91.8 Å². The van der Waals surface area contributed by atoms with Crippen molar-refractivity contribution in [3.8, 4) is 5.75 Å². The third kappa shape index (κ3) is 9.08. The molecule has 1 aromatic carbocycles. The normalized spacial score (nSPS) is 11.6. The summed E-state index contributed by atoms with van der Waals surface area (Å²) in [6, 6.07) is 11.0. The van der Waals surface area contributed by atoms with Crippen molar-refractivity contribution in [2.24, 2.45) is 4.99 Å². The Balaban J connectivity index is 0.00000420. The number of guanidine groups is 1. The standard InChI is InChI=1S/C18H25ClN4O3S2.HI/c1-3-20-18(21-11-10-14-4-6-15(26-2)7-5-14)22-12-13-23-28(24,25)17-9-8-16(19)27-17;/h4-9,23H,3,10-13H2,1-2H3,(H2,20,21,22);1H. The van der Waals surface area contributed by atoms with Crippen molar-refractivity contribution in [3.05, 3.63) is 46.3 Å².